The Labute approximate surface area is 202 Å². The zero-order valence-corrected chi connectivity index (χ0v) is 19.9. The van der Waals surface area contributed by atoms with Crippen LogP contribution in [-0.2, 0) is 17.6 Å². The molecule has 0 atom stereocenters. The number of para-hydroxylation sites is 1. The van der Waals surface area contributed by atoms with Crippen LogP contribution in [0.3, 0.4) is 0 Å². The highest BCUT2D eigenvalue weighted by molar-refractivity contribution is 7.17. The number of fused-ring (bicyclic) bond motifs is 1. The van der Waals surface area contributed by atoms with E-state index in [2.05, 4.69) is 10.6 Å². The number of thiophene rings is 1. The standard InChI is InChI=1S/C26H26N2O5S/c1-3-33-26(31)22-19-9-5-7-11-21(19)34-25(22)28-24(30)18-8-4-6-10-20(18)27-23(29)16-12-14-17(32-2)15-13-16/h4,6,8,10,12-15H,3,5,7,9,11H2,1-2H3,(H,27,29)(H,28,30). The lowest BCUT2D eigenvalue weighted by atomic mass is 9.95. The third-order valence-electron chi connectivity index (χ3n) is 5.65. The Kier molecular flexibility index (Phi) is 7.27. The Balaban J connectivity index is 1.58. The highest BCUT2D eigenvalue weighted by atomic mass is 32.1. The number of esters is 1. The predicted octanol–water partition coefficient (Wildman–Crippen LogP) is 5.32. The van der Waals surface area contributed by atoms with Gasteiger partial charge in [0, 0.05) is 10.4 Å². The number of ether oxygens (including phenoxy) is 2. The van der Waals surface area contributed by atoms with E-state index in [-0.39, 0.29) is 12.5 Å². The van der Waals surface area contributed by atoms with Crippen molar-refractivity contribution < 1.29 is 23.9 Å². The van der Waals surface area contributed by atoms with E-state index in [9.17, 15) is 14.4 Å². The molecule has 4 rings (SSSR count). The second-order valence-electron chi connectivity index (χ2n) is 7.82. The first-order valence-electron chi connectivity index (χ1n) is 11.2. The van der Waals surface area contributed by atoms with Gasteiger partial charge in [-0.05, 0) is 74.6 Å². The van der Waals surface area contributed by atoms with E-state index in [0.717, 1.165) is 36.1 Å². The normalized spacial score (nSPS) is 12.4. The van der Waals surface area contributed by atoms with Crippen LogP contribution in [0.5, 0.6) is 5.75 Å². The molecule has 0 aliphatic heterocycles. The zero-order valence-electron chi connectivity index (χ0n) is 19.1. The number of carbonyl (C=O) groups excluding carboxylic acids is 3. The van der Waals surface area contributed by atoms with Gasteiger partial charge in [-0.15, -0.1) is 11.3 Å². The van der Waals surface area contributed by atoms with Crippen LogP contribution < -0.4 is 15.4 Å². The summed E-state index contributed by atoms with van der Waals surface area (Å²) in [5.41, 5.74) is 2.54. The van der Waals surface area contributed by atoms with Crippen molar-refractivity contribution in [1.29, 1.82) is 0 Å². The van der Waals surface area contributed by atoms with Gasteiger partial charge in [0.1, 0.15) is 10.8 Å². The molecule has 1 aromatic heterocycles. The Morgan fingerprint density at radius 1 is 0.941 bits per heavy atom. The van der Waals surface area contributed by atoms with Gasteiger partial charge in [0.05, 0.1) is 30.5 Å². The van der Waals surface area contributed by atoms with Crippen LogP contribution in [0, 0.1) is 0 Å². The molecule has 0 spiro atoms. The fraction of sp³-hybridized carbons (Fsp3) is 0.269. The maximum Gasteiger partial charge on any atom is 0.341 e. The SMILES string of the molecule is CCOC(=O)c1c(NC(=O)c2ccccc2NC(=O)c2ccc(OC)cc2)sc2c1CCCC2. The number of carbonyl (C=O) groups is 3. The maximum atomic E-state index is 13.3. The molecule has 0 bridgehead atoms. The monoisotopic (exact) mass is 478 g/mol. The number of hydrogen-bond donors (Lipinski definition) is 2. The first kappa shape index (κ1) is 23.5. The molecule has 2 amide bonds. The molecule has 2 N–H and O–H groups in total. The van der Waals surface area contributed by atoms with Crippen LogP contribution in [0.4, 0.5) is 10.7 Å². The summed E-state index contributed by atoms with van der Waals surface area (Å²) in [7, 11) is 1.56. The first-order valence-corrected chi connectivity index (χ1v) is 12.0. The number of hydrogen-bond acceptors (Lipinski definition) is 6. The molecule has 176 valence electrons. The number of anilines is 2. The van der Waals surface area contributed by atoms with Gasteiger partial charge >= 0.3 is 5.97 Å². The van der Waals surface area contributed by atoms with Gasteiger partial charge in [0.25, 0.3) is 11.8 Å². The molecule has 8 heteroatoms. The van der Waals surface area contributed by atoms with Crippen molar-refractivity contribution in [1.82, 2.24) is 0 Å². The highest BCUT2D eigenvalue weighted by Crippen LogP contribution is 2.39. The third kappa shape index (κ3) is 4.97. The average molecular weight is 479 g/mol. The van der Waals surface area contributed by atoms with Crippen molar-refractivity contribution in [3.05, 3.63) is 75.7 Å². The minimum absolute atomic E-state index is 0.261. The highest BCUT2D eigenvalue weighted by Gasteiger charge is 2.28. The van der Waals surface area contributed by atoms with Crippen molar-refractivity contribution in [3.63, 3.8) is 0 Å². The second kappa shape index (κ2) is 10.5. The van der Waals surface area contributed by atoms with Crippen LogP contribution >= 0.6 is 11.3 Å². The van der Waals surface area contributed by atoms with Crippen LogP contribution in [0.25, 0.3) is 0 Å². The molecule has 1 aliphatic rings. The second-order valence-corrected chi connectivity index (χ2v) is 8.92. The summed E-state index contributed by atoms with van der Waals surface area (Å²) in [6, 6.07) is 13.5. The summed E-state index contributed by atoms with van der Waals surface area (Å²) in [4.78, 5) is 39.8. The molecular formula is C26H26N2O5S. The molecule has 1 heterocycles. The quantitative estimate of drug-likeness (QED) is 0.449. The van der Waals surface area contributed by atoms with E-state index in [0.29, 0.717) is 33.1 Å². The van der Waals surface area contributed by atoms with E-state index in [4.69, 9.17) is 9.47 Å². The number of benzene rings is 2. The van der Waals surface area contributed by atoms with Crippen molar-refractivity contribution in [2.24, 2.45) is 0 Å². The Morgan fingerprint density at radius 2 is 1.68 bits per heavy atom. The van der Waals surface area contributed by atoms with Crippen LogP contribution in [0.2, 0.25) is 0 Å². The third-order valence-corrected chi connectivity index (χ3v) is 6.86. The number of methoxy groups -OCH3 is 1. The molecule has 0 fully saturated rings. The molecule has 34 heavy (non-hydrogen) atoms. The largest absolute Gasteiger partial charge is 0.497 e. The summed E-state index contributed by atoms with van der Waals surface area (Å²) >= 11 is 1.43. The lowest BCUT2D eigenvalue weighted by molar-refractivity contribution is 0.0526. The molecular weight excluding hydrogens is 452 g/mol. The smallest absolute Gasteiger partial charge is 0.341 e. The van der Waals surface area contributed by atoms with Gasteiger partial charge in [-0.2, -0.15) is 0 Å². The Hall–Kier alpha value is -3.65. The van der Waals surface area contributed by atoms with Gasteiger partial charge in [-0.3, -0.25) is 9.59 Å². The Morgan fingerprint density at radius 3 is 2.41 bits per heavy atom. The van der Waals surface area contributed by atoms with Gasteiger partial charge < -0.3 is 20.1 Å². The van der Waals surface area contributed by atoms with Crippen molar-refractivity contribution in [2.75, 3.05) is 24.4 Å². The van der Waals surface area contributed by atoms with Gasteiger partial charge in [-0.25, -0.2) is 4.79 Å². The number of amides is 2. The van der Waals surface area contributed by atoms with Crippen LogP contribution in [-0.4, -0.2) is 31.5 Å². The average Bonchev–Trinajstić information content (AvgIpc) is 3.22. The maximum absolute atomic E-state index is 13.3. The molecule has 2 aromatic carbocycles. The molecule has 3 aromatic rings. The lowest BCUT2D eigenvalue weighted by Crippen LogP contribution is -2.19. The summed E-state index contributed by atoms with van der Waals surface area (Å²) in [5.74, 6) is -0.526. The summed E-state index contributed by atoms with van der Waals surface area (Å²) < 4.78 is 10.4. The first-order chi connectivity index (χ1) is 16.5. The van der Waals surface area contributed by atoms with E-state index in [1.165, 1.54) is 11.3 Å². The summed E-state index contributed by atoms with van der Waals surface area (Å²) in [5, 5.41) is 6.20. The van der Waals surface area contributed by atoms with E-state index in [1.54, 1.807) is 62.6 Å². The Bertz CT molecular complexity index is 1220. The van der Waals surface area contributed by atoms with Crippen molar-refractivity contribution in [3.8, 4) is 5.75 Å². The molecule has 7 nitrogen and oxygen atoms in total. The minimum Gasteiger partial charge on any atom is -0.497 e. The van der Waals surface area contributed by atoms with E-state index < -0.39 is 11.9 Å². The molecule has 0 unspecified atom stereocenters. The van der Waals surface area contributed by atoms with Crippen LogP contribution in [0.15, 0.2) is 48.5 Å². The van der Waals surface area contributed by atoms with E-state index >= 15 is 0 Å². The number of rotatable bonds is 7. The number of nitrogens with one attached hydrogen (secondary N) is 2. The van der Waals surface area contributed by atoms with Gasteiger partial charge in [-0.1, -0.05) is 12.1 Å². The zero-order chi connectivity index (χ0) is 24.1. The van der Waals surface area contributed by atoms with Crippen LogP contribution in [0.1, 0.15) is 61.3 Å². The van der Waals surface area contributed by atoms with Gasteiger partial charge in [0.15, 0.2) is 0 Å². The fourth-order valence-electron chi connectivity index (χ4n) is 3.97. The van der Waals surface area contributed by atoms with Gasteiger partial charge in [0.2, 0.25) is 0 Å². The summed E-state index contributed by atoms with van der Waals surface area (Å²) in [6.45, 7) is 2.02. The molecule has 1 aliphatic carbocycles. The van der Waals surface area contributed by atoms with E-state index in [1.807, 2.05) is 0 Å². The summed E-state index contributed by atoms with van der Waals surface area (Å²) in [6.07, 6.45) is 3.74. The fourth-order valence-corrected chi connectivity index (χ4v) is 5.24. The molecule has 0 radical (unpaired) electrons. The lowest BCUT2D eigenvalue weighted by Gasteiger charge is -2.13. The molecule has 0 saturated heterocycles. The molecule has 0 saturated carbocycles. The van der Waals surface area contributed by atoms with Crippen molar-refractivity contribution in [2.45, 2.75) is 32.6 Å². The minimum atomic E-state index is -0.418. The van der Waals surface area contributed by atoms with Crippen molar-refractivity contribution >= 4 is 39.8 Å². The number of aryl methyl sites for hydroxylation is 1. The topological polar surface area (TPSA) is 93.7 Å². The predicted molar refractivity (Wildman–Crippen MR) is 132 cm³/mol.